The van der Waals surface area contributed by atoms with Gasteiger partial charge in [0.25, 0.3) is 0 Å². The lowest BCUT2D eigenvalue weighted by molar-refractivity contribution is 0.0163. The molecule has 2 heterocycles. The van der Waals surface area contributed by atoms with E-state index in [0.717, 1.165) is 19.5 Å². The van der Waals surface area contributed by atoms with Crippen LogP contribution in [0.4, 0.5) is 4.79 Å². The molecular formula is C12H22N2O2. The molecule has 2 saturated heterocycles. The van der Waals surface area contributed by atoms with E-state index < -0.39 is 5.60 Å². The third-order valence-electron chi connectivity index (χ3n) is 3.38. The number of rotatable bonds is 0. The minimum atomic E-state index is -0.402. The number of nitrogens with zero attached hydrogens (tertiary/aromatic N) is 1. The highest BCUT2D eigenvalue weighted by molar-refractivity contribution is 5.69. The van der Waals surface area contributed by atoms with Crippen LogP contribution in [0.1, 0.15) is 34.1 Å². The predicted octanol–water partition coefficient (Wildman–Crippen LogP) is 1.60. The molecule has 4 heteroatoms. The predicted molar refractivity (Wildman–Crippen MR) is 62.3 cm³/mol. The first-order valence-corrected chi connectivity index (χ1v) is 6.10. The van der Waals surface area contributed by atoms with E-state index in [0.29, 0.717) is 18.0 Å². The molecule has 0 aromatic carbocycles. The van der Waals surface area contributed by atoms with Crippen LogP contribution in [0, 0.1) is 5.92 Å². The molecule has 16 heavy (non-hydrogen) atoms. The van der Waals surface area contributed by atoms with Crippen molar-refractivity contribution in [3.05, 3.63) is 0 Å². The van der Waals surface area contributed by atoms with Crippen LogP contribution in [0.2, 0.25) is 0 Å². The Morgan fingerprint density at radius 1 is 1.38 bits per heavy atom. The maximum atomic E-state index is 12.1. The molecule has 0 aromatic heterocycles. The smallest absolute Gasteiger partial charge is 0.410 e. The maximum Gasteiger partial charge on any atom is 0.410 e. The van der Waals surface area contributed by atoms with Crippen LogP contribution in [0.25, 0.3) is 0 Å². The zero-order chi connectivity index (χ0) is 11.9. The molecule has 0 aliphatic carbocycles. The van der Waals surface area contributed by atoms with E-state index in [2.05, 4.69) is 12.2 Å². The number of hydrogen-bond donors (Lipinski definition) is 1. The van der Waals surface area contributed by atoms with E-state index in [1.54, 1.807) is 0 Å². The van der Waals surface area contributed by atoms with Gasteiger partial charge in [0.15, 0.2) is 0 Å². The van der Waals surface area contributed by atoms with E-state index in [1.807, 2.05) is 25.7 Å². The Morgan fingerprint density at radius 2 is 2.06 bits per heavy atom. The fourth-order valence-corrected chi connectivity index (χ4v) is 2.79. The van der Waals surface area contributed by atoms with Crippen molar-refractivity contribution in [2.75, 3.05) is 13.1 Å². The summed E-state index contributed by atoms with van der Waals surface area (Å²) in [5, 5.41) is 3.34. The third-order valence-corrected chi connectivity index (χ3v) is 3.38. The quantitative estimate of drug-likeness (QED) is 0.682. The monoisotopic (exact) mass is 226 g/mol. The largest absolute Gasteiger partial charge is 0.444 e. The van der Waals surface area contributed by atoms with Gasteiger partial charge in [0.1, 0.15) is 5.60 Å². The van der Waals surface area contributed by atoms with Crippen molar-refractivity contribution < 1.29 is 9.53 Å². The van der Waals surface area contributed by atoms with E-state index in [4.69, 9.17) is 4.74 Å². The molecule has 1 amide bonds. The minimum Gasteiger partial charge on any atom is -0.444 e. The molecule has 0 aromatic rings. The zero-order valence-electron chi connectivity index (χ0n) is 10.6. The molecular weight excluding hydrogens is 204 g/mol. The van der Waals surface area contributed by atoms with Crippen molar-refractivity contribution >= 4 is 6.09 Å². The molecule has 1 N–H and O–H groups in total. The van der Waals surface area contributed by atoms with Crippen LogP contribution in [0.3, 0.4) is 0 Å². The lowest BCUT2D eigenvalue weighted by atomic mass is 10.0. The average molecular weight is 226 g/mol. The molecule has 0 bridgehead atoms. The molecule has 2 aliphatic heterocycles. The highest BCUT2D eigenvalue weighted by Gasteiger charge is 2.45. The molecule has 2 fully saturated rings. The number of carbonyl (C=O) groups is 1. The Hall–Kier alpha value is -0.770. The maximum absolute atomic E-state index is 12.1. The molecule has 0 saturated carbocycles. The lowest BCUT2D eigenvalue weighted by Gasteiger charge is -2.30. The zero-order valence-corrected chi connectivity index (χ0v) is 10.6. The number of hydrogen-bond acceptors (Lipinski definition) is 3. The topological polar surface area (TPSA) is 41.6 Å². The number of likely N-dealkylation sites (tertiary alicyclic amines) is 1. The van der Waals surface area contributed by atoms with Crippen LogP contribution in [0.5, 0.6) is 0 Å². The summed E-state index contributed by atoms with van der Waals surface area (Å²) in [6.45, 7) is 9.80. The van der Waals surface area contributed by atoms with Crippen molar-refractivity contribution in [3.8, 4) is 0 Å². The summed E-state index contributed by atoms with van der Waals surface area (Å²) in [6.07, 6.45) is 0.938. The summed E-state index contributed by atoms with van der Waals surface area (Å²) in [7, 11) is 0. The van der Waals surface area contributed by atoms with Gasteiger partial charge in [0.2, 0.25) is 0 Å². The van der Waals surface area contributed by atoms with Gasteiger partial charge in [0.05, 0.1) is 6.04 Å². The molecule has 2 aliphatic rings. The van der Waals surface area contributed by atoms with Crippen molar-refractivity contribution in [1.29, 1.82) is 0 Å². The van der Waals surface area contributed by atoms with Gasteiger partial charge in [-0.1, -0.05) is 0 Å². The Kier molecular flexibility index (Phi) is 2.86. The fourth-order valence-electron chi connectivity index (χ4n) is 2.79. The Labute approximate surface area is 97.3 Å². The number of amides is 1. The fraction of sp³-hybridized carbons (Fsp3) is 0.917. The number of ether oxygens (including phenoxy) is 1. The molecule has 0 radical (unpaired) electrons. The molecule has 0 spiro atoms. The highest BCUT2D eigenvalue weighted by atomic mass is 16.6. The van der Waals surface area contributed by atoms with Crippen LogP contribution in [-0.2, 0) is 4.74 Å². The van der Waals surface area contributed by atoms with Gasteiger partial charge in [-0.3, -0.25) is 0 Å². The van der Waals surface area contributed by atoms with Crippen molar-refractivity contribution in [3.63, 3.8) is 0 Å². The van der Waals surface area contributed by atoms with E-state index in [1.165, 1.54) is 0 Å². The van der Waals surface area contributed by atoms with Crippen molar-refractivity contribution in [1.82, 2.24) is 10.2 Å². The average Bonchev–Trinajstić information content (AvgIpc) is 2.58. The van der Waals surface area contributed by atoms with E-state index in [9.17, 15) is 4.79 Å². The van der Waals surface area contributed by atoms with Crippen LogP contribution < -0.4 is 5.32 Å². The molecule has 4 nitrogen and oxygen atoms in total. The Morgan fingerprint density at radius 3 is 2.69 bits per heavy atom. The first kappa shape index (κ1) is 11.7. The third kappa shape index (κ3) is 2.17. The summed E-state index contributed by atoms with van der Waals surface area (Å²) >= 11 is 0. The second-order valence-corrected chi connectivity index (χ2v) is 5.96. The molecule has 2 rings (SSSR count). The number of carbonyl (C=O) groups excluding carboxylic acids is 1. The van der Waals surface area contributed by atoms with Gasteiger partial charge in [0, 0.05) is 19.1 Å². The first-order valence-electron chi connectivity index (χ1n) is 6.10. The standard InChI is InChI=1S/C12H22N2O2/c1-8-5-9-6-13-7-10(9)14(8)11(15)16-12(2,3)4/h8-10,13H,5-7H2,1-4H3/t8-,9+,10-/m1/s1. The first-order chi connectivity index (χ1) is 7.38. The van der Waals surface area contributed by atoms with Crippen LogP contribution in [-0.4, -0.2) is 41.8 Å². The van der Waals surface area contributed by atoms with Gasteiger partial charge in [-0.25, -0.2) is 4.79 Å². The van der Waals surface area contributed by atoms with Gasteiger partial charge < -0.3 is 15.0 Å². The lowest BCUT2D eigenvalue weighted by Crippen LogP contribution is -2.45. The SMILES string of the molecule is C[C@@H]1C[C@H]2CNC[C@H]2N1C(=O)OC(C)(C)C. The van der Waals surface area contributed by atoms with Gasteiger partial charge in [-0.05, 0) is 40.0 Å². The minimum absolute atomic E-state index is 0.156. The van der Waals surface area contributed by atoms with Crippen molar-refractivity contribution in [2.24, 2.45) is 5.92 Å². The second kappa shape index (κ2) is 3.91. The van der Waals surface area contributed by atoms with Gasteiger partial charge in [-0.15, -0.1) is 0 Å². The van der Waals surface area contributed by atoms with Gasteiger partial charge >= 0.3 is 6.09 Å². The van der Waals surface area contributed by atoms with Gasteiger partial charge in [-0.2, -0.15) is 0 Å². The number of nitrogens with one attached hydrogen (secondary N) is 1. The normalized spacial score (nSPS) is 34.0. The Balaban J connectivity index is 2.05. The second-order valence-electron chi connectivity index (χ2n) is 5.96. The summed E-state index contributed by atoms with van der Waals surface area (Å²) < 4.78 is 5.46. The number of fused-ring (bicyclic) bond motifs is 1. The molecule has 0 unspecified atom stereocenters. The highest BCUT2D eigenvalue weighted by Crippen LogP contribution is 2.33. The van der Waals surface area contributed by atoms with E-state index in [-0.39, 0.29) is 6.09 Å². The summed E-state index contributed by atoms with van der Waals surface area (Å²) in [6, 6.07) is 0.650. The van der Waals surface area contributed by atoms with Crippen molar-refractivity contribution in [2.45, 2.75) is 51.8 Å². The van der Waals surface area contributed by atoms with Crippen LogP contribution >= 0.6 is 0 Å². The van der Waals surface area contributed by atoms with Crippen LogP contribution in [0.15, 0.2) is 0 Å². The summed E-state index contributed by atoms with van der Waals surface area (Å²) in [5.41, 5.74) is -0.402. The summed E-state index contributed by atoms with van der Waals surface area (Å²) in [4.78, 5) is 14.0. The molecule has 3 atom stereocenters. The summed E-state index contributed by atoms with van der Waals surface area (Å²) in [5.74, 6) is 0.613. The van der Waals surface area contributed by atoms with E-state index >= 15 is 0 Å². The molecule has 92 valence electrons. The Bertz CT molecular complexity index is 285.